The van der Waals surface area contributed by atoms with E-state index < -0.39 is 23.8 Å². The molecule has 1 saturated heterocycles. The number of anilines is 1. The third kappa shape index (κ3) is 5.63. The first-order valence-corrected chi connectivity index (χ1v) is 12.6. The Balaban J connectivity index is 1.90. The number of nitrogens with zero attached hydrogens (tertiary/aromatic N) is 1. The number of benzene rings is 1. The zero-order chi connectivity index (χ0) is 24.7. The molecule has 1 aliphatic heterocycles. The van der Waals surface area contributed by atoms with E-state index in [0.29, 0.717) is 36.5 Å². The van der Waals surface area contributed by atoms with Crippen LogP contribution in [0.5, 0.6) is 0 Å². The van der Waals surface area contributed by atoms with E-state index in [2.05, 4.69) is 5.32 Å². The summed E-state index contributed by atoms with van der Waals surface area (Å²) in [4.78, 5) is 41.8. The van der Waals surface area contributed by atoms with Crippen LogP contribution in [0, 0.1) is 23.7 Å². The molecule has 0 aromatic heterocycles. The molecule has 2 amide bonds. The van der Waals surface area contributed by atoms with Crippen LogP contribution in [0.4, 0.5) is 5.69 Å². The van der Waals surface area contributed by atoms with Gasteiger partial charge in [0, 0.05) is 19.1 Å². The minimum absolute atomic E-state index is 0.110. The number of halogens is 1. The van der Waals surface area contributed by atoms with Crippen molar-refractivity contribution >= 4 is 35.1 Å². The molecule has 0 unspecified atom stereocenters. The number of carbonyl (C=O) groups is 3. The molecular formula is C26H35ClN2O5. The minimum Gasteiger partial charge on any atom is -0.466 e. The number of allylic oxidation sites excluding steroid dienone is 1. The Hall–Kier alpha value is -2.38. The summed E-state index contributed by atoms with van der Waals surface area (Å²) in [5.41, 5.74) is 0.487. The van der Waals surface area contributed by atoms with Crippen molar-refractivity contribution in [3.63, 3.8) is 0 Å². The Bertz CT molecular complexity index is 905. The molecule has 0 spiro atoms. The normalized spacial score (nSPS) is 25.8. The van der Waals surface area contributed by atoms with E-state index >= 15 is 0 Å². The number of hydrogen-bond donors (Lipinski definition) is 2. The molecule has 7 nitrogen and oxygen atoms in total. The number of unbranched alkanes of at least 4 members (excludes halogenated alkanes) is 3. The number of rotatable bonds is 11. The van der Waals surface area contributed by atoms with Crippen LogP contribution < -0.4 is 5.32 Å². The van der Waals surface area contributed by atoms with E-state index in [1.165, 1.54) is 0 Å². The van der Waals surface area contributed by atoms with Crippen molar-refractivity contribution in [2.45, 2.75) is 52.0 Å². The number of carbonyl (C=O) groups excluding carboxylic acids is 3. The Labute approximate surface area is 206 Å². The van der Waals surface area contributed by atoms with Gasteiger partial charge in [-0.2, -0.15) is 0 Å². The van der Waals surface area contributed by atoms with Crippen molar-refractivity contribution in [2.24, 2.45) is 23.7 Å². The second kappa shape index (κ2) is 12.4. The Morgan fingerprint density at radius 3 is 2.53 bits per heavy atom. The molecule has 3 rings (SSSR count). The summed E-state index contributed by atoms with van der Waals surface area (Å²) in [5.74, 6) is -2.64. The summed E-state index contributed by atoms with van der Waals surface area (Å²) in [6.45, 7) is 4.54. The van der Waals surface area contributed by atoms with E-state index in [-0.39, 0.29) is 36.9 Å². The van der Waals surface area contributed by atoms with Crippen molar-refractivity contribution in [1.29, 1.82) is 0 Å². The lowest BCUT2D eigenvalue weighted by Gasteiger charge is -2.33. The summed E-state index contributed by atoms with van der Waals surface area (Å²) in [7, 11) is 0. The highest BCUT2D eigenvalue weighted by Crippen LogP contribution is 2.45. The molecule has 1 fully saturated rings. The summed E-state index contributed by atoms with van der Waals surface area (Å²) in [5, 5.41) is 12.3. The van der Waals surface area contributed by atoms with Crippen molar-refractivity contribution in [3.05, 3.63) is 41.4 Å². The molecule has 186 valence electrons. The first kappa shape index (κ1) is 26.2. The van der Waals surface area contributed by atoms with Crippen molar-refractivity contribution < 1.29 is 24.2 Å². The van der Waals surface area contributed by atoms with Gasteiger partial charge in [-0.25, -0.2) is 0 Å². The summed E-state index contributed by atoms with van der Waals surface area (Å²) >= 11 is 6.26. The molecule has 5 atom stereocenters. The second-order valence-electron chi connectivity index (χ2n) is 8.92. The smallest absolute Gasteiger partial charge is 0.310 e. The maximum Gasteiger partial charge on any atom is 0.310 e. The van der Waals surface area contributed by atoms with E-state index in [4.69, 9.17) is 21.4 Å². The summed E-state index contributed by atoms with van der Waals surface area (Å²) < 4.78 is 5.35. The van der Waals surface area contributed by atoms with Crippen LogP contribution in [-0.4, -0.2) is 53.6 Å². The zero-order valence-corrected chi connectivity index (χ0v) is 20.7. The number of esters is 1. The third-order valence-electron chi connectivity index (χ3n) is 6.85. The lowest BCUT2D eigenvalue weighted by Crippen LogP contribution is -2.44. The van der Waals surface area contributed by atoms with Crippen LogP contribution in [0.2, 0.25) is 5.02 Å². The van der Waals surface area contributed by atoms with Crippen LogP contribution in [0.25, 0.3) is 0 Å². The number of aliphatic hydroxyl groups is 1. The van der Waals surface area contributed by atoms with E-state index in [9.17, 15) is 14.4 Å². The molecule has 8 heteroatoms. The molecule has 1 aliphatic carbocycles. The number of hydrogen-bond acceptors (Lipinski definition) is 5. The molecular weight excluding hydrogens is 456 g/mol. The molecule has 1 heterocycles. The van der Waals surface area contributed by atoms with Gasteiger partial charge < -0.3 is 20.1 Å². The van der Waals surface area contributed by atoms with Gasteiger partial charge in [0.2, 0.25) is 11.8 Å². The first-order chi connectivity index (χ1) is 16.4. The zero-order valence-electron chi connectivity index (χ0n) is 19.9. The van der Waals surface area contributed by atoms with E-state index in [1.54, 1.807) is 36.1 Å². The number of fused-ring (bicyclic) bond motifs is 1. The highest BCUT2D eigenvalue weighted by atomic mass is 35.5. The molecule has 0 saturated carbocycles. The Morgan fingerprint density at radius 2 is 1.85 bits per heavy atom. The van der Waals surface area contributed by atoms with Gasteiger partial charge in [-0.3, -0.25) is 14.4 Å². The SMILES string of the molecule is CCOC(=O)[C@H]1[C@@H]2C(=O)N(CCCCCCO)[C@H](C(=O)Nc3ccccc3Cl)[C@H]2C=C[C@H]1CC. The molecule has 2 aliphatic rings. The molecule has 1 aromatic carbocycles. The quantitative estimate of drug-likeness (QED) is 0.277. The lowest BCUT2D eigenvalue weighted by molar-refractivity contribution is -0.155. The average Bonchev–Trinajstić information content (AvgIpc) is 3.11. The van der Waals surface area contributed by atoms with Crippen LogP contribution >= 0.6 is 11.6 Å². The predicted molar refractivity (Wildman–Crippen MR) is 131 cm³/mol. The highest BCUT2D eigenvalue weighted by Gasteiger charge is 2.57. The van der Waals surface area contributed by atoms with Crippen LogP contribution in [-0.2, 0) is 19.1 Å². The average molecular weight is 491 g/mol. The maximum atomic E-state index is 13.7. The van der Waals surface area contributed by atoms with Gasteiger partial charge in [0.15, 0.2) is 0 Å². The lowest BCUT2D eigenvalue weighted by atomic mass is 9.69. The predicted octanol–water partition coefficient (Wildman–Crippen LogP) is 4.05. The standard InChI is InChI=1S/C26H35ClN2O5/c1-3-17-13-14-18-22(21(17)26(33)34-4-2)25(32)29(15-9-5-6-10-16-30)23(18)24(31)28-20-12-8-7-11-19(20)27/h7-8,11-14,17-18,21-23,30H,3-6,9-10,15-16H2,1-2H3,(H,28,31)/t17-,18+,21-,22-,23+/m1/s1. The van der Waals surface area contributed by atoms with Gasteiger partial charge in [0.1, 0.15) is 6.04 Å². The summed E-state index contributed by atoms with van der Waals surface area (Å²) in [6.07, 6.45) is 7.73. The molecule has 2 N–H and O–H groups in total. The number of nitrogens with one attached hydrogen (secondary N) is 1. The van der Waals surface area contributed by atoms with E-state index in [0.717, 1.165) is 12.8 Å². The second-order valence-corrected chi connectivity index (χ2v) is 9.33. The number of ether oxygens (including phenoxy) is 1. The third-order valence-corrected chi connectivity index (χ3v) is 7.18. The number of amides is 2. The van der Waals surface area contributed by atoms with Gasteiger partial charge in [-0.1, -0.05) is 55.7 Å². The minimum atomic E-state index is -0.738. The van der Waals surface area contributed by atoms with E-state index in [1.807, 2.05) is 19.1 Å². The van der Waals surface area contributed by atoms with Gasteiger partial charge in [0.05, 0.1) is 29.2 Å². The van der Waals surface area contributed by atoms with Gasteiger partial charge in [0.25, 0.3) is 0 Å². The molecule has 1 aromatic rings. The fraction of sp³-hybridized carbons (Fsp3) is 0.577. The van der Waals surface area contributed by atoms with Crippen molar-refractivity contribution in [1.82, 2.24) is 4.90 Å². The highest BCUT2D eigenvalue weighted by molar-refractivity contribution is 6.33. The first-order valence-electron chi connectivity index (χ1n) is 12.3. The largest absolute Gasteiger partial charge is 0.466 e. The van der Waals surface area contributed by atoms with Crippen molar-refractivity contribution in [2.75, 3.05) is 25.1 Å². The number of likely N-dealkylation sites (tertiary alicyclic amines) is 1. The Morgan fingerprint density at radius 1 is 1.12 bits per heavy atom. The van der Waals surface area contributed by atoms with Crippen molar-refractivity contribution in [3.8, 4) is 0 Å². The topological polar surface area (TPSA) is 95.9 Å². The van der Waals surface area contributed by atoms with Crippen LogP contribution in [0.1, 0.15) is 46.0 Å². The monoisotopic (exact) mass is 490 g/mol. The van der Waals surface area contributed by atoms with Gasteiger partial charge >= 0.3 is 5.97 Å². The summed E-state index contributed by atoms with van der Waals surface area (Å²) in [6, 6.07) is 6.25. The van der Waals surface area contributed by atoms with Crippen LogP contribution in [0.3, 0.4) is 0 Å². The molecule has 34 heavy (non-hydrogen) atoms. The van der Waals surface area contributed by atoms with Crippen LogP contribution in [0.15, 0.2) is 36.4 Å². The fourth-order valence-corrected chi connectivity index (χ4v) is 5.39. The number of para-hydroxylation sites is 1. The van der Waals surface area contributed by atoms with Gasteiger partial charge in [-0.15, -0.1) is 0 Å². The Kier molecular flexibility index (Phi) is 9.54. The maximum absolute atomic E-state index is 13.7. The fourth-order valence-electron chi connectivity index (χ4n) is 5.20. The van der Waals surface area contributed by atoms with Gasteiger partial charge in [-0.05, 0) is 44.2 Å². The molecule has 0 radical (unpaired) electrons. The molecule has 0 bridgehead atoms. The number of aliphatic hydroxyl groups excluding tert-OH is 1.